The van der Waals surface area contributed by atoms with E-state index in [1.165, 1.54) is 0 Å². The number of nitrogens with one attached hydrogen (secondary N) is 2. The van der Waals surface area contributed by atoms with Crippen molar-refractivity contribution in [3.8, 4) is 0 Å². The molecule has 2 heterocycles. The van der Waals surface area contributed by atoms with E-state index in [-0.39, 0.29) is 11.8 Å². The van der Waals surface area contributed by atoms with Crippen LogP contribution in [-0.4, -0.2) is 26.6 Å². The van der Waals surface area contributed by atoms with Crippen molar-refractivity contribution >= 4 is 17.5 Å². The fourth-order valence-corrected chi connectivity index (χ4v) is 3.28. The summed E-state index contributed by atoms with van der Waals surface area (Å²) in [6.45, 7) is 2.89. The summed E-state index contributed by atoms with van der Waals surface area (Å²) in [4.78, 5) is 28.8. The number of hydrogen-bond acceptors (Lipinski definition) is 4. The third kappa shape index (κ3) is 5.07. The minimum absolute atomic E-state index is 0.170. The lowest BCUT2D eigenvalue weighted by molar-refractivity contribution is 0.0949. The molecule has 4 aromatic rings. The highest BCUT2D eigenvalue weighted by Crippen LogP contribution is 2.13. The first-order valence-electron chi connectivity index (χ1n) is 10.2. The zero-order chi connectivity index (χ0) is 22.3. The summed E-state index contributed by atoms with van der Waals surface area (Å²) in [7, 11) is 0. The number of benzene rings is 2. The molecule has 0 bridgehead atoms. The van der Waals surface area contributed by atoms with E-state index in [0.717, 1.165) is 16.8 Å². The number of pyridine rings is 1. The second kappa shape index (κ2) is 9.70. The number of hydrogen-bond donors (Lipinski definition) is 2. The lowest BCUT2D eigenvalue weighted by Gasteiger charge is -2.08. The average Bonchev–Trinajstić information content (AvgIpc) is 3.19. The molecule has 4 rings (SSSR count). The number of rotatable bonds is 7. The Morgan fingerprint density at radius 3 is 2.31 bits per heavy atom. The van der Waals surface area contributed by atoms with Crippen molar-refractivity contribution in [2.75, 3.05) is 5.32 Å². The standard InChI is InChI=1S/C25H23N5O2/c1-18-23(16-28-30(18)17-20-5-3-2-4-6-20)25(32)27-15-19-7-9-22(10-8-19)29-24(31)21-11-13-26-14-12-21/h2-14,16H,15,17H2,1H3,(H,27,32)(H,29,31). The van der Waals surface area contributed by atoms with Crippen molar-refractivity contribution in [2.45, 2.75) is 20.0 Å². The summed E-state index contributed by atoms with van der Waals surface area (Å²) in [5, 5.41) is 10.1. The van der Waals surface area contributed by atoms with E-state index in [0.29, 0.717) is 29.9 Å². The Morgan fingerprint density at radius 1 is 0.875 bits per heavy atom. The Kier molecular flexibility index (Phi) is 6.36. The highest BCUT2D eigenvalue weighted by molar-refractivity contribution is 6.04. The maximum Gasteiger partial charge on any atom is 0.255 e. The molecule has 32 heavy (non-hydrogen) atoms. The highest BCUT2D eigenvalue weighted by Gasteiger charge is 2.14. The molecule has 2 aromatic heterocycles. The predicted octanol–water partition coefficient (Wildman–Crippen LogP) is 3.82. The van der Waals surface area contributed by atoms with Gasteiger partial charge in [-0.3, -0.25) is 19.3 Å². The molecule has 0 radical (unpaired) electrons. The van der Waals surface area contributed by atoms with Gasteiger partial charge in [0, 0.05) is 35.9 Å². The van der Waals surface area contributed by atoms with E-state index in [1.807, 2.05) is 66.2 Å². The van der Waals surface area contributed by atoms with Gasteiger partial charge in [-0.15, -0.1) is 0 Å². The van der Waals surface area contributed by atoms with Gasteiger partial charge in [-0.05, 0) is 42.3 Å². The van der Waals surface area contributed by atoms with E-state index >= 15 is 0 Å². The number of carbonyl (C=O) groups is 2. The minimum atomic E-state index is -0.198. The Morgan fingerprint density at radius 2 is 1.59 bits per heavy atom. The summed E-state index contributed by atoms with van der Waals surface area (Å²) in [5.41, 5.74) is 4.65. The molecule has 0 atom stereocenters. The van der Waals surface area contributed by atoms with Crippen LogP contribution < -0.4 is 10.6 Å². The van der Waals surface area contributed by atoms with Gasteiger partial charge in [-0.1, -0.05) is 42.5 Å². The molecule has 7 heteroatoms. The smallest absolute Gasteiger partial charge is 0.255 e. The summed E-state index contributed by atoms with van der Waals surface area (Å²) >= 11 is 0. The first-order valence-corrected chi connectivity index (χ1v) is 10.2. The third-order valence-corrected chi connectivity index (χ3v) is 5.13. The molecule has 2 amide bonds. The molecule has 0 unspecified atom stereocenters. The van der Waals surface area contributed by atoms with E-state index in [1.54, 1.807) is 30.7 Å². The second-order valence-corrected chi connectivity index (χ2v) is 7.36. The number of aromatic nitrogens is 3. The Balaban J connectivity index is 1.33. The fourth-order valence-electron chi connectivity index (χ4n) is 3.28. The molecule has 2 N–H and O–H groups in total. The van der Waals surface area contributed by atoms with E-state index in [2.05, 4.69) is 20.7 Å². The van der Waals surface area contributed by atoms with Gasteiger partial charge in [0.15, 0.2) is 0 Å². The van der Waals surface area contributed by atoms with E-state index in [9.17, 15) is 9.59 Å². The Bertz CT molecular complexity index is 1200. The normalized spacial score (nSPS) is 10.5. The van der Waals surface area contributed by atoms with Crippen molar-refractivity contribution in [3.05, 3.63) is 113 Å². The van der Waals surface area contributed by atoms with Crippen molar-refractivity contribution in [3.63, 3.8) is 0 Å². The summed E-state index contributed by atoms with van der Waals surface area (Å²) in [5.74, 6) is -0.367. The van der Waals surface area contributed by atoms with Crippen LogP contribution in [0.25, 0.3) is 0 Å². The number of anilines is 1. The fraction of sp³-hybridized carbons (Fsp3) is 0.120. The molecule has 0 aliphatic rings. The van der Waals surface area contributed by atoms with Crippen LogP contribution in [0.5, 0.6) is 0 Å². The molecule has 0 spiro atoms. The zero-order valence-electron chi connectivity index (χ0n) is 17.7. The van der Waals surface area contributed by atoms with Crippen LogP contribution in [0, 0.1) is 6.92 Å². The Hall–Kier alpha value is -4.26. The molecule has 2 aromatic carbocycles. The largest absolute Gasteiger partial charge is 0.348 e. The van der Waals surface area contributed by atoms with E-state index in [4.69, 9.17) is 0 Å². The van der Waals surface area contributed by atoms with Crippen LogP contribution in [0.1, 0.15) is 37.5 Å². The first-order chi connectivity index (χ1) is 15.6. The van der Waals surface area contributed by atoms with Crippen molar-refractivity contribution in [1.29, 1.82) is 0 Å². The third-order valence-electron chi connectivity index (χ3n) is 5.13. The molecule has 0 saturated heterocycles. The molecule has 0 aliphatic heterocycles. The average molecular weight is 425 g/mol. The molecule has 0 aliphatic carbocycles. The monoisotopic (exact) mass is 425 g/mol. The number of amides is 2. The maximum atomic E-state index is 12.6. The topological polar surface area (TPSA) is 88.9 Å². The highest BCUT2D eigenvalue weighted by atomic mass is 16.2. The maximum absolute atomic E-state index is 12.6. The van der Waals surface area contributed by atoms with Gasteiger partial charge in [0.05, 0.1) is 18.3 Å². The SMILES string of the molecule is Cc1c(C(=O)NCc2ccc(NC(=O)c3ccncc3)cc2)cnn1Cc1ccccc1. The van der Waals surface area contributed by atoms with Crippen LogP contribution in [0.4, 0.5) is 5.69 Å². The quantitative estimate of drug-likeness (QED) is 0.471. The molecule has 160 valence electrons. The predicted molar refractivity (Wildman–Crippen MR) is 122 cm³/mol. The Labute approximate surface area is 186 Å². The van der Waals surface area contributed by atoms with Gasteiger partial charge in [-0.25, -0.2) is 0 Å². The number of nitrogens with zero attached hydrogens (tertiary/aromatic N) is 3. The second-order valence-electron chi connectivity index (χ2n) is 7.36. The van der Waals surface area contributed by atoms with Crippen LogP contribution in [0.2, 0.25) is 0 Å². The first kappa shape index (κ1) is 21.0. The summed E-state index contributed by atoms with van der Waals surface area (Å²) in [6.07, 6.45) is 4.76. The van der Waals surface area contributed by atoms with Crippen LogP contribution in [-0.2, 0) is 13.1 Å². The molecule has 7 nitrogen and oxygen atoms in total. The van der Waals surface area contributed by atoms with Gasteiger partial charge in [0.2, 0.25) is 0 Å². The minimum Gasteiger partial charge on any atom is -0.348 e. The van der Waals surface area contributed by atoms with Gasteiger partial charge in [0.1, 0.15) is 0 Å². The molecule has 0 fully saturated rings. The van der Waals surface area contributed by atoms with Gasteiger partial charge < -0.3 is 10.6 Å². The van der Waals surface area contributed by atoms with Gasteiger partial charge >= 0.3 is 0 Å². The zero-order valence-corrected chi connectivity index (χ0v) is 17.7. The van der Waals surface area contributed by atoms with Gasteiger partial charge in [-0.2, -0.15) is 5.10 Å². The lowest BCUT2D eigenvalue weighted by Crippen LogP contribution is -2.23. The van der Waals surface area contributed by atoms with Crippen LogP contribution >= 0.6 is 0 Å². The summed E-state index contributed by atoms with van der Waals surface area (Å²) in [6, 6.07) is 20.7. The summed E-state index contributed by atoms with van der Waals surface area (Å²) < 4.78 is 1.82. The van der Waals surface area contributed by atoms with Crippen LogP contribution in [0.15, 0.2) is 85.3 Å². The van der Waals surface area contributed by atoms with Gasteiger partial charge in [0.25, 0.3) is 11.8 Å². The van der Waals surface area contributed by atoms with Crippen molar-refractivity contribution < 1.29 is 9.59 Å². The van der Waals surface area contributed by atoms with E-state index < -0.39 is 0 Å². The van der Waals surface area contributed by atoms with Crippen LogP contribution in [0.3, 0.4) is 0 Å². The molecular weight excluding hydrogens is 402 g/mol. The lowest BCUT2D eigenvalue weighted by atomic mass is 10.1. The van der Waals surface area contributed by atoms with Crippen molar-refractivity contribution in [2.24, 2.45) is 0 Å². The van der Waals surface area contributed by atoms with Crippen molar-refractivity contribution in [1.82, 2.24) is 20.1 Å². The molecule has 0 saturated carbocycles. The number of carbonyl (C=O) groups excluding carboxylic acids is 2. The molecular formula is C25H23N5O2.